The third-order valence-electron chi connectivity index (χ3n) is 7.89. The zero-order valence-corrected chi connectivity index (χ0v) is 23.2. The van der Waals surface area contributed by atoms with Gasteiger partial charge >= 0.3 is 6.09 Å². The van der Waals surface area contributed by atoms with Crippen LogP contribution in [0.4, 0.5) is 4.79 Å². The smallest absolute Gasteiger partial charge is 0.407 e. The van der Waals surface area contributed by atoms with Crippen molar-refractivity contribution in [3.8, 4) is 0 Å². The Kier molecular flexibility index (Phi) is 8.50. The highest BCUT2D eigenvalue weighted by molar-refractivity contribution is 7.98. The number of amides is 2. The standard InChI is InChI=1S/C28H37N5O4S/c1-18-25(19(2)30-27(29-18)38-3)26(34)33-15-21-13-32(14-22(21)16-33)11-9-24(20-7-5-4-6-8-20)31-28(35)37-23-10-12-36-17-23/h4-8,21-24H,9-17H2,1-3H3,(H,31,35)/t21-,22?,23?,24?/m0/s1. The van der Waals surface area contributed by atoms with Crippen molar-refractivity contribution >= 4 is 23.8 Å². The Morgan fingerprint density at radius 3 is 2.39 bits per heavy atom. The molecule has 1 aromatic carbocycles. The topological polar surface area (TPSA) is 96.9 Å². The van der Waals surface area contributed by atoms with E-state index in [1.165, 1.54) is 11.8 Å². The maximum Gasteiger partial charge on any atom is 0.407 e. The van der Waals surface area contributed by atoms with Crippen LogP contribution >= 0.6 is 11.8 Å². The second-order valence-corrected chi connectivity index (χ2v) is 11.3. The van der Waals surface area contributed by atoms with Crippen LogP contribution in [0.1, 0.15) is 46.2 Å². The highest BCUT2D eigenvalue weighted by Gasteiger charge is 2.42. The lowest BCUT2D eigenvalue weighted by Crippen LogP contribution is -2.36. The Bertz CT molecular complexity index is 1110. The lowest BCUT2D eigenvalue weighted by Gasteiger charge is -2.25. The number of alkyl carbamates (subject to hydrolysis) is 1. The molecule has 0 radical (unpaired) electrons. The summed E-state index contributed by atoms with van der Waals surface area (Å²) < 4.78 is 10.9. The maximum absolute atomic E-state index is 13.4. The number of nitrogens with one attached hydrogen (secondary N) is 1. The number of likely N-dealkylation sites (tertiary alicyclic amines) is 2. The summed E-state index contributed by atoms with van der Waals surface area (Å²) in [5.74, 6) is 0.968. The molecule has 204 valence electrons. The second kappa shape index (κ2) is 12.0. The summed E-state index contributed by atoms with van der Waals surface area (Å²) in [4.78, 5) is 39.4. The van der Waals surface area contributed by atoms with Crippen molar-refractivity contribution in [2.45, 2.75) is 44.0 Å². The Balaban J connectivity index is 1.15. The summed E-state index contributed by atoms with van der Waals surface area (Å²) in [5.41, 5.74) is 3.23. The molecule has 1 aromatic heterocycles. The first-order valence-corrected chi connectivity index (χ1v) is 14.6. The fraction of sp³-hybridized carbons (Fsp3) is 0.571. The van der Waals surface area contributed by atoms with Gasteiger partial charge in [-0.25, -0.2) is 14.8 Å². The molecule has 10 heteroatoms. The first kappa shape index (κ1) is 26.9. The molecule has 38 heavy (non-hydrogen) atoms. The van der Waals surface area contributed by atoms with Crippen molar-refractivity contribution in [3.63, 3.8) is 0 Å². The monoisotopic (exact) mass is 539 g/mol. The molecule has 0 aliphatic carbocycles. The molecule has 0 bridgehead atoms. The SMILES string of the molecule is CSc1nc(C)c(C(=O)N2CC3CN(CCC(NC(=O)OC4CCOC4)c4ccccc4)C[C@H]3C2)c(C)n1. The Labute approximate surface area is 228 Å². The predicted molar refractivity (Wildman–Crippen MR) is 145 cm³/mol. The molecule has 2 aromatic rings. The van der Waals surface area contributed by atoms with Crippen LogP contribution in [-0.4, -0.2) is 90.1 Å². The van der Waals surface area contributed by atoms with E-state index in [-0.39, 0.29) is 24.1 Å². The number of hydrogen-bond acceptors (Lipinski definition) is 8. The van der Waals surface area contributed by atoms with E-state index in [0.717, 1.165) is 62.5 Å². The van der Waals surface area contributed by atoms with Gasteiger partial charge in [-0.05, 0) is 43.9 Å². The third kappa shape index (κ3) is 6.13. The van der Waals surface area contributed by atoms with Crippen LogP contribution in [-0.2, 0) is 9.47 Å². The molecule has 3 fully saturated rings. The average molecular weight is 540 g/mol. The van der Waals surface area contributed by atoms with E-state index >= 15 is 0 Å². The van der Waals surface area contributed by atoms with Gasteiger partial charge in [0.15, 0.2) is 5.16 Å². The number of carbonyl (C=O) groups is 2. The summed E-state index contributed by atoms with van der Waals surface area (Å²) in [6.07, 6.45) is 2.92. The lowest BCUT2D eigenvalue weighted by atomic mass is 10.0. The van der Waals surface area contributed by atoms with E-state index in [0.29, 0.717) is 35.8 Å². The van der Waals surface area contributed by atoms with Gasteiger partial charge in [-0.2, -0.15) is 0 Å². The normalized spacial score (nSPS) is 23.9. The number of nitrogens with zero attached hydrogens (tertiary/aromatic N) is 4. The van der Waals surface area contributed by atoms with Gasteiger partial charge in [0.25, 0.3) is 5.91 Å². The molecule has 3 unspecified atom stereocenters. The first-order chi connectivity index (χ1) is 18.4. The lowest BCUT2D eigenvalue weighted by molar-refractivity contribution is 0.0771. The molecule has 0 spiro atoms. The van der Waals surface area contributed by atoms with Gasteiger partial charge in [0.1, 0.15) is 6.10 Å². The number of fused-ring (bicyclic) bond motifs is 1. The van der Waals surface area contributed by atoms with Crippen LogP contribution < -0.4 is 5.32 Å². The Morgan fingerprint density at radius 1 is 1.11 bits per heavy atom. The molecule has 1 N–H and O–H groups in total. The molecule has 4 heterocycles. The summed E-state index contributed by atoms with van der Waals surface area (Å²) in [6.45, 7) is 9.21. The molecule has 3 aliphatic heterocycles. The molecule has 5 rings (SSSR count). The minimum absolute atomic E-state index is 0.0492. The van der Waals surface area contributed by atoms with E-state index in [4.69, 9.17) is 9.47 Å². The van der Waals surface area contributed by atoms with Crippen molar-refractivity contribution in [2.75, 3.05) is 52.2 Å². The van der Waals surface area contributed by atoms with Gasteiger partial charge in [0.05, 0.1) is 36.2 Å². The van der Waals surface area contributed by atoms with Crippen LogP contribution in [0.25, 0.3) is 0 Å². The van der Waals surface area contributed by atoms with Crippen molar-refractivity contribution < 1.29 is 19.1 Å². The Hall–Kier alpha value is -2.69. The van der Waals surface area contributed by atoms with Gasteiger partial charge in [-0.3, -0.25) is 4.79 Å². The minimum Gasteiger partial charge on any atom is -0.444 e. The molecular formula is C28H37N5O4S. The van der Waals surface area contributed by atoms with E-state index < -0.39 is 0 Å². The molecule has 2 amide bonds. The van der Waals surface area contributed by atoms with E-state index in [1.54, 1.807) is 0 Å². The van der Waals surface area contributed by atoms with E-state index in [1.807, 2.05) is 55.3 Å². The number of benzene rings is 1. The van der Waals surface area contributed by atoms with Gasteiger partial charge in [0, 0.05) is 39.1 Å². The molecular weight excluding hydrogens is 502 g/mol. The second-order valence-electron chi connectivity index (χ2n) is 10.5. The molecule has 3 aliphatic rings. The van der Waals surface area contributed by atoms with Crippen LogP contribution in [0.2, 0.25) is 0 Å². The van der Waals surface area contributed by atoms with Crippen LogP contribution in [0.3, 0.4) is 0 Å². The number of ether oxygens (including phenoxy) is 2. The number of rotatable bonds is 8. The first-order valence-electron chi connectivity index (χ1n) is 13.4. The van der Waals surface area contributed by atoms with E-state index in [2.05, 4.69) is 20.2 Å². The number of carbonyl (C=O) groups excluding carboxylic acids is 2. The van der Waals surface area contributed by atoms with Crippen molar-refractivity contribution in [1.29, 1.82) is 0 Å². The molecule has 4 atom stereocenters. The quantitative estimate of drug-likeness (QED) is 0.403. The summed E-state index contributed by atoms with van der Waals surface area (Å²) in [6, 6.07) is 9.94. The van der Waals surface area contributed by atoms with Crippen molar-refractivity contribution in [2.24, 2.45) is 11.8 Å². The zero-order valence-electron chi connectivity index (χ0n) is 22.4. The average Bonchev–Trinajstić information content (AvgIpc) is 3.63. The largest absolute Gasteiger partial charge is 0.444 e. The van der Waals surface area contributed by atoms with Crippen LogP contribution in [0.15, 0.2) is 35.5 Å². The molecule has 9 nitrogen and oxygen atoms in total. The van der Waals surface area contributed by atoms with Gasteiger partial charge in [-0.1, -0.05) is 42.1 Å². The predicted octanol–water partition coefficient (Wildman–Crippen LogP) is 3.47. The fourth-order valence-corrected chi connectivity index (χ4v) is 6.39. The van der Waals surface area contributed by atoms with Gasteiger partial charge < -0.3 is 24.6 Å². The van der Waals surface area contributed by atoms with E-state index in [9.17, 15) is 9.59 Å². The highest BCUT2D eigenvalue weighted by atomic mass is 32.2. The Morgan fingerprint density at radius 2 is 1.79 bits per heavy atom. The maximum atomic E-state index is 13.4. The molecule has 0 saturated carbocycles. The third-order valence-corrected chi connectivity index (χ3v) is 8.43. The number of aryl methyl sites for hydroxylation is 2. The minimum atomic E-state index is -0.387. The van der Waals surface area contributed by atoms with Gasteiger partial charge in [-0.15, -0.1) is 0 Å². The summed E-state index contributed by atoms with van der Waals surface area (Å²) in [5, 5.41) is 3.79. The highest BCUT2D eigenvalue weighted by Crippen LogP contribution is 2.33. The molecule has 3 saturated heterocycles. The summed E-state index contributed by atoms with van der Waals surface area (Å²) >= 11 is 1.49. The summed E-state index contributed by atoms with van der Waals surface area (Å²) in [7, 11) is 0. The number of thioether (sulfide) groups is 1. The fourth-order valence-electron chi connectivity index (χ4n) is 5.94. The van der Waals surface area contributed by atoms with Crippen LogP contribution in [0, 0.1) is 25.7 Å². The van der Waals surface area contributed by atoms with Gasteiger partial charge in [0.2, 0.25) is 0 Å². The van der Waals surface area contributed by atoms with Crippen molar-refractivity contribution in [3.05, 3.63) is 52.8 Å². The van der Waals surface area contributed by atoms with Crippen molar-refractivity contribution in [1.82, 2.24) is 25.1 Å². The zero-order chi connectivity index (χ0) is 26.6. The number of aromatic nitrogens is 2. The number of hydrogen-bond donors (Lipinski definition) is 1. The van der Waals surface area contributed by atoms with Crippen LogP contribution in [0.5, 0.6) is 0 Å².